The van der Waals surface area contributed by atoms with Gasteiger partial charge < -0.3 is 19.3 Å². The first-order chi connectivity index (χ1) is 19.1. The molecule has 0 saturated carbocycles. The van der Waals surface area contributed by atoms with Gasteiger partial charge in [-0.25, -0.2) is 9.37 Å². The van der Waals surface area contributed by atoms with Gasteiger partial charge in [0.05, 0.1) is 42.5 Å². The van der Waals surface area contributed by atoms with Crippen LogP contribution in [-0.2, 0) is 24.0 Å². The number of ether oxygens (including phenoxy) is 1. The molecule has 3 atom stereocenters. The Balaban J connectivity index is 1.33. The van der Waals surface area contributed by atoms with Gasteiger partial charge in [0.15, 0.2) is 6.23 Å². The predicted octanol–water partition coefficient (Wildman–Crippen LogP) is 5.47. The number of aromatic nitrogens is 4. The number of benzene rings is 1. The average Bonchev–Trinajstić information content (AvgIpc) is 3.36. The van der Waals surface area contributed by atoms with Gasteiger partial charge in [-0.15, -0.1) is 0 Å². The van der Waals surface area contributed by atoms with Crippen LogP contribution in [0.3, 0.4) is 0 Å². The van der Waals surface area contributed by atoms with Gasteiger partial charge in [-0.1, -0.05) is 31.4 Å². The van der Waals surface area contributed by atoms with Crippen LogP contribution in [0.2, 0.25) is 5.02 Å². The maximum atomic E-state index is 13.8. The van der Waals surface area contributed by atoms with Crippen molar-refractivity contribution >= 4 is 17.3 Å². The predicted molar refractivity (Wildman–Crippen MR) is 139 cm³/mol. The number of aliphatic hydroxyl groups excluding tert-OH is 1. The smallest absolute Gasteiger partial charge is 0.382 e. The second-order valence-corrected chi connectivity index (χ2v) is 10.6. The van der Waals surface area contributed by atoms with Gasteiger partial charge in [-0.05, 0) is 43.4 Å². The Bertz CT molecular complexity index is 1420. The van der Waals surface area contributed by atoms with E-state index in [1.165, 1.54) is 17.1 Å². The molecule has 40 heavy (non-hydrogen) atoms. The lowest BCUT2D eigenvalue weighted by Gasteiger charge is -2.32. The number of nitrogens with zero attached hydrogens (tertiary/aromatic N) is 5. The van der Waals surface area contributed by atoms with Gasteiger partial charge in [0.1, 0.15) is 22.8 Å². The highest BCUT2D eigenvalue weighted by Crippen LogP contribution is 2.38. The Hall–Kier alpha value is -2.96. The number of unbranched alkanes of at least 4 members (excludes halogenated alkanes) is 1. The molecule has 2 aromatic heterocycles. The molecule has 2 aliphatic rings. The maximum Gasteiger partial charge on any atom is 0.416 e. The van der Waals surface area contributed by atoms with Crippen LogP contribution in [0.1, 0.15) is 74.0 Å². The molecular weight excluding hydrogens is 554 g/mol. The van der Waals surface area contributed by atoms with Crippen molar-refractivity contribution in [3.63, 3.8) is 0 Å². The van der Waals surface area contributed by atoms with Crippen LogP contribution in [-0.4, -0.2) is 37.6 Å². The number of aliphatic hydroxyl groups is 1. The van der Waals surface area contributed by atoms with Crippen LogP contribution in [0, 0.1) is 11.7 Å². The van der Waals surface area contributed by atoms with E-state index < -0.39 is 41.0 Å². The minimum absolute atomic E-state index is 0.0125. The Morgan fingerprint density at radius 1 is 1.23 bits per heavy atom. The molecular formula is C27H30ClF4N5O3. The van der Waals surface area contributed by atoms with Gasteiger partial charge in [-0.3, -0.25) is 4.79 Å². The van der Waals surface area contributed by atoms with Crippen LogP contribution in [0.15, 0.2) is 35.4 Å². The molecule has 3 aromatic rings. The molecule has 216 valence electrons. The van der Waals surface area contributed by atoms with Gasteiger partial charge in [0.25, 0.3) is 5.56 Å². The Labute approximate surface area is 233 Å². The van der Waals surface area contributed by atoms with Crippen molar-refractivity contribution in [3.8, 4) is 0 Å². The van der Waals surface area contributed by atoms with E-state index in [1.54, 1.807) is 9.47 Å². The van der Waals surface area contributed by atoms with E-state index in [0.29, 0.717) is 55.2 Å². The van der Waals surface area contributed by atoms with E-state index in [1.807, 2.05) is 0 Å². The molecule has 1 fully saturated rings. The molecule has 0 spiro atoms. The summed E-state index contributed by atoms with van der Waals surface area (Å²) in [6, 6.07) is 2.01. The van der Waals surface area contributed by atoms with Crippen molar-refractivity contribution in [1.29, 1.82) is 0 Å². The zero-order valence-corrected chi connectivity index (χ0v) is 22.6. The zero-order chi connectivity index (χ0) is 28.6. The molecule has 13 heteroatoms. The van der Waals surface area contributed by atoms with Crippen molar-refractivity contribution in [2.24, 2.45) is 5.92 Å². The summed E-state index contributed by atoms with van der Waals surface area (Å²) in [5, 5.41) is 15.2. The normalized spacial score (nSPS) is 20.4. The minimum Gasteiger partial charge on any atom is -0.382 e. The van der Waals surface area contributed by atoms with Crippen molar-refractivity contribution < 1.29 is 27.4 Å². The van der Waals surface area contributed by atoms with Gasteiger partial charge in [-0.2, -0.15) is 23.0 Å². The van der Waals surface area contributed by atoms with E-state index >= 15 is 0 Å². The summed E-state index contributed by atoms with van der Waals surface area (Å²) in [5.41, 5.74) is -1.66. The van der Waals surface area contributed by atoms with E-state index in [-0.39, 0.29) is 23.8 Å². The van der Waals surface area contributed by atoms with Crippen LogP contribution in [0.4, 0.5) is 23.2 Å². The first-order valence-electron chi connectivity index (χ1n) is 13.3. The molecule has 0 aliphatic carbocycles. The number of halogens is 5. The largest absolute Gasteiger partial charge is 0.416 e. The quantitative estimate of drug-likeness (QED) is 0.371. The third kappa shape index (κ3) is 5.61. The Morgan fingerprint density at radius 3 is 2.73 bits per heavy atom. The molecule has 5 rings (SSSR count). The number of anilines is 1. The van der Waals surface area contributed by atoms with E-state index in [9.17, 15) is 27.5 Å². The summed E-state index contributed by atoms with van der Waals surface area (Å²) in [6.45, 7) is 3.45. The highest BCUT2D eigenvalue weighted by Gasteiger charge is 2.37. The summed E-state index contributed by atoms with van der Waals surface area (Å²) < 4.78 is 63.2. The second-order valence-electron chi connectivity index (χ2n) is 10.3. The van der Waals surface area contributed by atoms with Gasteiger partial charge in [0.2, 0.25) is 0 Å². The monoisotopic (exact) mass is 583 g/mol. The maximum absolute atomic E-state index is 13.8. The lowest BCUT2D eigenvalue weighted by Crippen LogP contribution is -2.38. The molecule has 1 aromatic carbocycles. The topological polar surface area (TPSA) is 85.4 Å². The summed E-state index contributed by atoms with van der Waals surface area (Å²) in [5.74, 6) is 0.0285. The zero-order valence-electron chi connectivity index (χ0n) is 21.9. The standard InChI is InChI=1S/C27H30ClF4N5O3/c1-2-3-4-16-5-8-23(40-15-16)37-26(39)24(28)20(13-34-37)35-9-10-36-21(12-33-22(36)14-35)25(38)18-11-17(29)6-7-19(18)27(30,31)32/h6-7,11-13,16,23,25,38H,2-5,8-10,14-15H2,1H3. The van der Waals surface area contributed by atoms with Crippen molar-refractivity contribution in [1.82, 2.24) is 19.3 Å². The second kappa shape index (κ2) is 11.5. The van der Waals surface area contributed by atoms with Crippen LogP contribution < -0.4 is 10.5 Å². The van der Waals surface area contributed by atoms with Gasteiger partial charge >= 0.3 is 6.18 Å². The van der Waals surface area contributed by atoms with E-state index in [2.05, 4.69) is 17.0 Å². The third-order valence-corrected chi connectivity index (χ3v) is 7.99. The van der Waals surface area contributed by atoms with E-state index in [4.69, 9.17) is 16.3 Å². The minimum atomic E-state index is -4.77. The molecule has 0 amide bonds. The molecule has 4 heterocycles. The summed E-state index contributed by atoms with van der Waals surface area (Å²) >= 11 is 6.51. The lowest BCUT2D eigenvalue weighted by molar-refractivity contribution is -0.139. The molecule has 3 unspecified atom stereocenters. The number of hydrogen-bond donors (Lipinski definition) is 1. The molecule has 8 nitrogen and oxygen atoms in total. The van der Waals surface area contributed by atoms with Crippen molar-refractivity contribution in [2.45, 2.75) is 70.6 Å². The van der Waals surface area contributed by atoms with Crippen molar-refractivity contribution in [3.05, 3.63) is 74.4 Å². The van der Waals surface area contributed by atoms with Crippen LogP contribution in [0.5, 0.6) is 0 Å². The lowest BCUT2D eigenvalue weighted by atomic mass is 9.95. The highest BCUT2D eigenvalue weighted by molar-refractivity contribution is 6.33. The summed E-state index contributed by atoms with van der Waals surface area (Å²) in [6.07, 6.45) is 0.778. The SMILES string of the molecule is CCCCC1CCC(n2ncc(N3CCn4c(C(O)c5cc(F)ccc5C(F)(F)F)cnc4C3)c(Cl)c2=O)OC1. The van der Waals surface area contributed by atoms with E-state index in [0.717, 1.165) is 25.7 Å². The fourth-order valence-corrected chi connectivity index (χ4v) is 5.71. The Morgan fingerprint density at radius 2 is 2.02 bits per heavy atom. The summed E-state index contributed by atoms with van der Waals surface area (Å²) in [7, 11) is 0. The number of hydrogen-bond acceptors (Lipinski definition) is 6. The fraction of sp³-hybridized carbons (Fsp3) is 0.519. The number of rotatable bonds is 7. The van der Waals surface area contributed by atoms with Crippen molar-refractivity contribution in [2.75, 3.05) is 18.1 Å². The summed E-state index contributed by atoms with van der Waals surface area (Å²) in [4.78, 5) is 19.2. The Kier molecular flexibility index (Phi) is 8.21. The first kappa shape index (κ1) is 28.6. The third-order valence-electron chi connectivity index (χ3n) is 7.64. The van der Waals surface area contributed by atoms with Crippen LogP contribution in [0.25, 0.3) is 0 Å². The molecule has 0 radical (unpaired) electrons. The highest BCUT2D eigenvalue weighted by atomic mass is 35.5. The molecule has 2 aliphatic heterocycles. The average molecular weight is 584 g/mol. The molecule has 1 saturated heterocycles. The number of alkyl halides is 3. The number of fused-ring (bicyclic) bond motifs is 1. The van der Waals surface area contributed by atoms with Crippen LogP contribution >= 0.6 is 11.6 Å². The number of imidazole rings is 1. The molecule has 1 N–H and O–H groups in total. The first-order valence-corrected chi connectivity index (χ1v) is 13.7. The van der Waals surface area contributed by atoms with Gasteiger partial charge in [0, 0.05) is 18.7 Å². The molecule has 0 bridgehead atoms. The fourth-order valence-electron chi connectivity index (χ4n) is 5.45.